The van der Waals surface area contributed by atoms with E-state index in [4.69, 9.17) is 42.1 Å². The fourth-order valence-electron chi connectivity index (χ4n) is 2.89. The van der Waals surface area contributed by atoms with Gasteiger partial charge in [-0.2, -0.15) is 5.10 Å². The molecule has 33 heavy (non-hydrogen) atoms. The molecule has 7 nitrogen and oxygen atoms in total. The number of hydrogen-bond donors (Lipinski definition) is 1. The number of nitrogens with zero attached hydrogens (tertiary/aromatic N) is 1. The molecule has 0 heterocycles. The fourth-order valence-corrected chi connectivity index (χ4v) is 3.35. The minimum atomic E-state index is -0.419. The number of carbonyl (C=O) groups is 1. The van der Waals surface area contributed by atoms with Crippen LogP contribution in [-0.4, -0.2) is 33.5 Å². The van der Waals surface area contributed by atoms with Crippen molar-refractivity contribution in [3.63, 3.8) is 0 Å². The van der Waals surface area contributed by atoms with Crippen molar-refractivity contribution >= 4 is 35.3 Å². The Bertz CT molecular complexity index is 1170. The molecule has 0 aliphatic carbocycles. The number of nitrogens with one attached hydrogen (secondary N) is 1. The average molecular weight is 489 g/mol. The largest absolute Gasteiger partial charge is 0.497 e. The van der Waals surface area contributed by atoms with Crippen molar-refractivity contribution in [3.8, 4) is 23.0 Å². The van der Waals surface area contributed by atoms with Crippen LogP contribution in [0.3, 0.4) is 0 Å². The molecule has 1 amide bonds. The zero-order chi connectivity index (χ0) is 23.8. The lowest BCUT2D eigenvalue weighted by molar-refractivity contribution is 0.0952. The van der Waals surface area contributed by atoms with Crippen molar-refractivity contribution in [3.05, 3.63) is 81.3 Å². The van der Waals surface area contributed by atoms with E-state index in [2.05, 4.69) is 10.5 Å². The summed E-state index contributed by atoms with van der Waals surface area (Å²) in [6.45, 7) is 0.250. The SMILES string of the molecule is COc1ccc(C(=O)N/N=C\c2ccc(OCc3ccc(Cl)cc3Cl)c(OC)c2)c(OC)c1. The summed E-state index contributed by atoms with van der Waals surface area (Å²) in [5.74, 6) is 1.59. The number of halogens is 2. The summed E-state index contributed by atoms with van der Waals surface area (Å²) in [6, 6.07) is 15.4. The molecule has 0 atom stereocenters. The first-order valence-electron chi connectivity index (χ1n) is 9.75. The van der Waals surface area contributed by atoms with Crippen LogP contribution in [0.15, 0.2) is 59.7 Å². The maximum absolute atomic E-state index is 12.5. The number of rotatable bonds is 9. The monoisotopic (exact) mass is 488 g/mol. The van der Waals surface area contributed by atoms with E-state index >= 15 is 0 Å². The van der Waals surface area contributed by atoms with Crippen LogP contribution in [0.2, 0.25) is 10.0 Å². The molecule has 9 heteroatoms. The second-order valence-electron chi connectivity index (χ2n) is 6.70. The third kappa shape index (κ3) is 6.31. The number of methoxy groups -OCH3 is 3. The summed E-state index contributed by atoms with van der Waals surface area (Å²) < 4.78 is 21.6. The molecule has 172 valence electrons. The number of hydrazone groups is 1. The average Bonchev–Trinajstić information content (AvgIpc) is 2.83. The molecule has 0 aliphatic rings. The lowest BCUT2D eigenvalue weighted by atomic mass is 10.2. The topological polar surface area (TPSA) is 78.4 Å². The predicted molar refractivity (Wildman–Crippen MR) is 128 cm³/mol. The molecule has 0 saturated carbocycles. The van der Waals surface area contributed by atoms with Gasteiger partial charge < -0.3 is 18.9 Å². The Kier molecular flexibility index (Phi) is 8.40. The molecule has 0 bridgehead atoms. The Hall–Kier alpha value is -3.42. The van der Waals surface area contributed by atoms with Gasteiger partial charge in [0.2, 0.25) is 0 Å². The van der Waals surface area contributed by atoms with Crippen molar-refractivity contribution < 1.29 is 23.7 Å². The Labute approximate surface area is 201 Å². The van der Waals surface area contributed by atoms with Gasteiger partial charge in [0.25, 0.3) is 5.91 Å². The van der Waals surface area contributed by atoms with Gasteiger partial charge in [-0.05, 0) is 48.0 Å². The van der Waals surface area contributed by atoms with E-state index in [1.807, 2.05) is 0 Å². The van der Waals surface area contributed by atoms with Crippen LogP contribution in [-0.2, 0) is 6.61 Å². The van der Waals surface area contributed by atoms with Crippen molar-refractivity contribution in [2.24, 2.45) is 5.10 Å². The maximum Gasteiger partial charge on any atom is 0.275 e. The maximum atomic E-state index is 12.5. The molecule has 0 radical (unpaired) electrons. The quantitative estimate of drug-likeness (QED) is 0.323. The molecule has 0 spiro atoms. The highest BCUT2D eigenvalue weighted by molar-refractivity contribution is 6.35. The summed E-state index contributed by atoms with van der Waals surface area (Å²) in [5.41, 5.74) is 4.31. The van der Waals surface area contributed by atoms with Crippen LogP contribution in [0.5, 0.6) is 23.0 Å². The molecular formula is C24H22Cl2N2O5. The molecule has 0 saturated heterocycles. The van der Waals surface area contributed by atoms with Gasteiger partial charge in [0, 0.05) is 21.7 Å². The Morgan fingerprint density at radius 3 is 2.39 bits per heavy atom. The summed E-state index contributed by atoms with van der Waals surface area (Å²) >= 11 is 12.1. The minimum absolute atomic E-state index is 0.250. The number of amides is 1. The van der Waals surface area contributed by atoms with Gasteiger partial charge in [0.05, 0.1) is 33.1 Å². The molecule has 0 unspecified atom stereocenters. The smallest absolute Gasteiger partial charge is 0.275 e. The first-order valence-corrected chi connectivity index (χ1v) is 10.5. The lowest BCUT2D eigenvalue weighted by Gasteiger charge is -2.12. The summed E-state index contributed by atoms with van der Waals surface area (Å²) in [6.07, 6.45) is 1.50. The van der Waals surface area contributed by atoms with E-state index in [9.17, 15) is 4.79 Å². The molecule has 3 aromatic rings. The highest BCUT2D eigenvalue weighted by atomic mass is 35.5. The van der Waals surface area contributed by atoms with Gasteiger partial charge in [-0.15, -0.1) is 0 Å². The lowest BCUT2D eigenvalue weighted by Crippen LogP contribution is -2.18. The predicted octanol–water partition coefficient (Wildman–Crippen LogP) is 5.36. The second kappa shape index (κ2) is 11.4. The van der Waals surface area contributed by atoms with E-state index in [0.29, 0.717) is 44.2 Å². The van der Waals surface area contributed by atoms with Gasteiger partial charge in [-0.25, -0.2) is 5.43 Å². The van der Waals surface area contributed by atoms with Crippen LogP contribution >= 0.6 is 23.2 Å². The molecule has 1 N–H and O–H groups in total. The van der Waals surface area contributed by atoms with E-state index in [1.165, 1.54) is 27.5 Å². The highest BCUT2D eigenvalue weighted by Gasteiger charge is 2.13. The van der Waals surface area contributed by atoms with Gasteiger partial charge in [-0.1, -0.05) is 29.3 Å². The summed E-state index contributed by atoms with van der Waals surface area (Å²) in [7, 11) is 4.55. The third-order valence-electron chi connectivity index (χ3n) is 4.62. The highest BCUT2D eigenvalue weighted by Crippen LogP contribution is 2.30. The van der Waals surface area contributed by atoms with Crippen LogP contribution in [0.1, 0.15) is 21.5 Å². The van der Waals surface area contributed by atoms with Crippen LogP contribution < -0.4 is 24.4 Å². The van der Waals surface area contributed by atoms with Crippen LogP contribution in [0.25, 0.3) is 0 Å². The van der Waals surface area contributed by atoms with Gasteiger partial charge in [0.15, 0.2) is 11.5 Å². The van der Waals surface area contributed by atoms with Crippen molar-refractivity contribution in [1.82, 2.24) is 5.43 Å². The Morgan fingerprint density at radius 2 is 1.70 bits per heavy atom. The van der Waals surface area contributed by atoms with Crippen LogP contribution in [0, 0.1) is 0 Å². The molecule has 0 fully saturated rings. The first kappa shape index (κ1) is 24.2. The fraction of sp³-hybridized carbons (Fsp3) is 0.167. The standard InChI is InChI=1S/C24H22Cl2N2O5/c1-30-18-7-8-19(22(12-18)31-2)24(29)28-27-13-15-4-9-21(23(10-15)32-3)33-14-16-5-6-17(25)11-20(16)26/h4-13H,14H2,1-3H3,(H,28,29)/b27-13-. The van der Waals surface area contributed by atoms with Crippen LogP contribution in [0.4, 0.5) is 0 Å². The number of ether oxygens (including phenoxy) is 4. The minimum Gasteiger partial charge on any atom is -0.497 e. The molecule has 3 aromatic carbocycles. The zero-order valence-electron chi connectivity index (χ0n) is 18.2. The normalized spacial score (nSPS) is 10.7. The Balaban J connectivity index is 1.66. The third-order valence-corrected chi connectivity index (χ3v) is 5.21. The van der Waals surface area contributed by atoms with E-state index < -0.39 is 5.91 Å². The van der Waals surface area contributed by atoms with E-state index in [-0.39, 0.29) is 6.61 Å². The number of carbonyl (C=O) groups excluding carboxylic acids is 1. The van der Waals surface area contributed by atoms with Crippen molar-refractivity contribution in [2.45, 2.75) is 6.61 Å². The first-order chi connectivity index (χ1) is 15.9. The molecule has 3 rings (SSSR count). The summed E-state index contributed by atoms with van der Waals surface area (Å²) in [4.78, 5) is 12.5. The van der Waals surface area contributed by atoms with Gasteiger partial charge >= 0.3 is 0 Å². The Morgan fingerprint density at radius 1 is 0.909 bits per heavy atom. The second-order valence-corrected chi connectivity index (χ2v) is 7.54. The molecule has 0 aliphatic heterocycles. The molecule has 0 aromatic heterocycles. The van der Waals surface area contributed by atoms with Gasteiger partial charge in [-0.3, -0.25) is 4.79 Å². The van der Waals surface area contributed by atoms with Gasteiger partial charge in [0.1, 0.15) is 18.1 Å². The van der Waals surface area contributed by atoms with Crippen molar-refractivity contribution in [2.75, 3.05) is 21.3 Å². The molecular weight excluding hydrogens is 467 g/mol. The number of hydrogen-bond acceptors (Lipinski definition) is 6. The van der Waals surface area contributed by atoms with E-state index in [0.717, 1.165) is 5.56 Å². The zero-order valence-corrected chi connectivity index (χ0v) is 19.7. The number of benzene rings is 3. The summed E-state index contributed by atoms with van der Waals surface area (Å²) in [5, 5.41) is 5.10. The van der Waals surface area contributed by atoms with E-state index in [1.54, 1.807) is 54.6 Å². The van der Waals surface area contributed by atoms with Crippen molar-refractivity contribution in [1.29, 1.82) is 0 Å².